The zero-order valence-corrected chi connectivity index (χ0v) is 17.3. The third kappa shape index (κ3) is 5.94. The highest BCUT2D eigenvalue weighted by molar-refractivity contribution is 5.24. The molecule has 1 saturated heterocycles. The lowest BCUT2D eigenvalue weighted by Gasteiger charge is -2.43. The topological polar surface area (TPSA) is 32.7 Å². The predicted octanol–water partition coefficient (Wildman–Crippen LogP) is 4.55. The third-order valence-electron chi connectivity index (χ3n) is 5.77. The van der Waals surface area contributed by atoms with Gasteiger partial charge in [-0.15, -0.1) is 0 Å². The van der Waals surface area contributed by atoms with Crippen LogP contribution in [-0.4, -0.2) is 48.5 Å². The van der Waals surface area contributed by atoms with Crippen molar-refractivity contribution in [2.75, 3.05) is 26.8 Å². The summed E-state index contributed by atoms with van der Waals surface area (Å²) in [5.41, 5.74) is 2.30. The van der Waals surface area contributed by atoms with Crippen molar-refractivity contribution in [2.24, 2.45) is 0 Å². The molecule has 0 amide bonds. The van der Waals surface area contributed by atoms with Gasteiger partial charge in [0, 0.05) is 32.8 Å². The normalized spacial score (nSPS) is 19.2. The van der Waals surface area contributed by atoms with E-state index in [1.165, 1.54) is 11.1 Å². The van der Waals surface area contributed by atoms with Crippen LogP contribution in [0, 0.1) is 0 Å². The molecule has 0 aromatic heterocycles. The predicted molar refractivity (Wildman–Crippen MR) is 110 cm³/mol. The number of hydrogen-bond donors (Lipinski definition) is 1. The van der Waals surface area contributed by atoms with Gasteiger partial charge in [0.1, 0.15) is 0 Å². The van der Waals surface area contributed by atoms with E-state index in [-0.39, 0.29) is 5.41 Å². The minimum absolute atomic E-state index is 0.113. The van der Waals surface area contributed by atoms with Gasteiger partial charge in [-0.05, 0) is 50.5 Å². The van der Waals surface area contributed by atoms with E-state index in [1.807, 2.05) is 0 Å². The van der Waals surface area contributed by atoms with Crippen LogP contribution in [0.1, 0.15) is 58.9 Å². The van der Waals surface area contributed by atoms with E-state index >= 15 is 0 Å². The summed E-state index contributed by atoms with van der Waals surface area (Å²) in [6.45, 7) is 11.6. The fourth-order valence-corrected chi connectivity index (χ4v) is 4.02. The van der Waals surface area contributed by atoms with E-state index in [4.69, 9.17) is 4.74 Å². The first-order valence-electron chi connectivity index (χ1n) is 9.92. The van der Waals surface area contributed by atoms with Crippen molar-refractivity contribution in [1.82, 2.24) is 4.90 Å². The number of nitrogens with zero attached hydrogens (tertiary/aromatic N) is 1. The van der Waals surface area contributed by atoms with Crippen LogP contribution in [0.4, 0.5) is 0 Å². The molecule has 1 N–H and O–H groups in total. The van der Waals surface area contributed by atoms with Crippen LogP contribution in [0.5, 0.6) is 0 Å². The Morgan fingerprint density at radius 1 is 1.23 bits per heavy atom. The van der Waals surface area contributed by atoms with Gasteiger partial charge in [0.15, 0.2) is 0 Å². The van der Waals surface area contributed by atoms with Crippen LogP contribution >= 0.6 is 0 Å². The molecular formula is C23H37NO2. The summed E-state index contributed by atoms with van der Waals surface area (Å²) in [6.07, 6.45) is 5.88. The Morgan fingerprint density at radius 3 is 2.38 bits per heavy atom. The molecule has 0 aliphatic carbocycles. The Hall–Kier alpha value is -1.16. The second kappa shape index (κ2) is 9.16. The molecule has 1 unspecified atom stereocenters. The van der Waals surface area contributed by atoms with Gasteiger partial charge in [-0.2, -0.15) is 0 Å². The highest BCUT2D eigenvalue weighted by Crippen LogP contribution is 2.33. The summed E-state index contributed by atoms with van der Waals surface area (Å²) in [5, 5.41) is 10.8. The van der Waals surface area contributed by atoms with Crippen molar-refractivity contribution in [3.8, 4) is 0 Å². The smallest absolute Gasteiger partial charge is 0.0694 e. The van der Waals surface area contributed by atoms with Gasteiger partial charge in [-0.1, -0.05) is 55.8 Å². The minimum atomic E-state index is -0.559. The van der Waals surface area contributed by atoms with Gasteiger partial charge in [-0.3, -0.25) is 4.90 Å². The van der Waals surface area contributed by atoms with E-state index in [0.29, 0.717) is 12.6 Å². The molecule has 0 radical (unpaired) electrons. The third-order valence-corrected chi connectivity index (χ3v) is 5.77. The number of aliphatic hydroxyl groups is 1. The maximum atomic E-state index is 10.8. The molecule has 1 aliphatic rings. The van der Waals surface area contributed by atoms with Crippen molar-refractivity contribution >= 4 is 0 Å². The number of ether oxygens (including phenoxy) is 1. The van der Waals surface area contributed by atoms with Crippen molar-refractivity contribution in [1.29, 1.82) is 0 Å². The molecule has 1 atom stereocenters. The van der Waals surface area contributed by atoms with Gasteiger partial charge in [0.05, 0.1) is 5.60 Å². The molecule has 1 heterocycles. The average molecular weight is 360 g/mol. The summed E-state index contributed by atoms with van der Waals surface area (Å²) in [5.74, 6) is 0. The molecule has 0 bridgehead atoms. The van der Waals surface area contributed by atoms with E-state index in [9.17, 15) is 5.11 Å². The number of piperidine rings is 1. The van der Waals surface area contributed by atoms with E-state index in [2.05, 4.69) is 69.0 Å². The van der Waals surface area contributed by atoms with Crippen molar-refractivity contribution in [3.05, 3.63) is 47.5 Å². The highest BCUT2D eigenvalue weighted by Gasteiger charge is 2.35. The van der Waals surface area contributed by atoms with Crippen molar-refractivity contribution in [3.63, 3.8) is 0 Å². The van der Waals surface area contributed by atoms with Crippen LogP contribution in [0.25, 0.3) is 0 Å². The first-order chi connectivity index (χ1) is 12.3. The molecule has 146 valence electrons. The molecule has 1 aliphatic heterocycles. The van der Waals surface area contributed by atoms with Gasteiger partial charge >= 0.3 is 0 Å². The van der Waals surface area contributed by atoms with E-state index in [0.717, 1.165) is 38.8 Å². The van der Waals surface area contributed by atoms with Crippen LogP contribution in [0.15, 0.2) is 42.0 Å². The molecule has 3 heteroatoms. The van der Waals surface area contributed by atoms with Gasteiger partial charge < -0.3 is 9.84 Å². The highest BCUT2D eigenvalue weighted by atomic mass is 16.5. The molecule has 1 aromatic rings. The van der Waals surface area contributed by atoms with E-state index in [1.54, 1.807) is 7.11 Å². The summed E-state index contributed by atoms with van der Waals surface area (Å²) in [7, 11) is 1.70. The Bertz CT molecular complexity index is 567. The van der Waals surface area contributed by atoms with E-state index < -0.39 is 5.60 Å². The molecule has 1 fully saturated rings. The lowest BCUT2D eigenvalue weighted by molar-refractivity contribution is -0.0472. The molecule has 0 spiro atoms. The number of benzene rings is 1. The average Bonchev–Trinajstić information content (AvgIpc) is 2.60. The standard InChI is InChI=1S/C23H37NO2/c1-19(2)17-21(18-22(3,4)20-9-7-6-8-10-20)24-14-11-23(25,12-15-24)13-16-26-5/h6-10,17,21,25H,11-16,18H2,1-5H3. The van der Waals surface area contributed by atoms with Crippen LogP contribution in [0.2, 0.25) is 0 Å². The van der Waals surface area contributed by atoms with Crippen LogP contribution in [-0.2, 0) is 10.2 Å². The maximum Gasteiger partial charge on any atom is 0.0694 e. The fraction of sp³-hybridized carbons (Fsp3) is 0.652. The second-order valence-electron chi connectivity index (χ2n) is 8.77. The molecule has 0 saturated carbocycles. The Balaban J connectivity index is 2.08. The first kappa shape index (κ1) is 21.1. The quantitative estimate of drug-likeness (QED) is 0.691. The van der Waals surface area contributed by atoms with Gasteiger partial charge in [-0.25, -0.2) is 0 Å². The fourth-order valence-electron chi connectivity index (χ4n) is 4.02. The second-order valence-corrected chi connectivity index (χ2v) is 8.77. The SMILES string of the molecule is COCCC1(O)CCN(C(C=C(C)C)CC(C)(C)c2ccccc2)CC1. The number of allylic oxidation sites excluding steroid dienone is 1. The largest absolute Gasteiger partial charge is 0.390 e. The van der Waals surface area contributed by atoms with Crippen molar-refractivity contribution in [2.45, 2.75) is 70.4 Å². The van der Waals surface area contributed by atoms with Crippen LogP contribution < -0.4 is 0 Å². The monoisotopic (exact) mass is 359 g/mol. The van der Waals surface area contributed by atoms with Gasteiger partial charge in [0.2, 0.25) is 0 Å². The zero-order chi connectivity index (χ0) is 19.2. The molecule has 1 aromatic carbocycles. The maximum absolute atomic E-state index is 10.8. The minimum Gasteiger partial charge on any atom is -0.390 e. The Labute approximate surface area is 160 Å². The summed E-state index contributed by atoms with van der Waals surface area (Å²) >= 11 is 0. The summed E-state index contributed by atoms with van der Waals surface area (Å²) in [4.78, 5) is 2.55. The van der Waals surface area contributed by atoms with Crippen LogP contribution in [0.3, 0.4) is 0 Å². The van der Waals surface area contributed by atoms with Gasteiger partial charge in [0.25, 0.3) is 0 Å². The molecule has 3 nitrogen and oxygen atoms in total. The first-order valence-corrected chi connectivity index (χ1v) is 9.92. The number of methoxy groups -OCH3 is 1. The lowest BCUT2D eigenvalue weighted by Crippen LogP contribution is -2.49. The Kier molecular flexibility index (Phi) is 7.45. The Morgan fingerprint density at radius 2 is 1.85 bits per heavy atom. The molecule has 26 heavy (non-hydrogen) atoms. The number of hydrogen-bond acceptors (Lipinski definition) is 3. The number of likely N-dealkylation sites (tertiary alicyclic amines) is 1. The number of rotatable bonds is 8. The molecular weight excluding hydrogens is 322 g/mol. The summed E-state index contributed by atoms with van der Waals surface area (Å²) in [6, 6.07) is 11.2. The lowest BCUT2D eigenvalue weighted by atomic mass is 9.77. The summed E-state index contributed by atoms with van der Waals surface area (Å²) < 4.78 is 5.17. The zero-order valence-electron chi connectivity index (χ0n) is 17.3. The van der Waals surface area contributed by atoms with Crippen molar-refractivity contribution < 1.29 is 9.84 Å². The molecule has 2 rings (SSSR count).